The largest absolute Gasteiger partial charge is 0.487 e. The van der Waals surface area contributed by atoms with Crippen LogP contribution in [0.5, 0.6) is 5.75 Å². The molecular weight excluding hydrogens is 378 g/mol. The maximum atomic E-state index is 12.8. The fraction of sp³-hybridized carbons (Fsp3) is 0.294. The van der Waals surface area contributed by atoms with Crippen LogP contribution in [0.25, 0.3) is 0 Å². The van der Waals surface area contributed by atoms with Crippen molar-refractivity contribution in [1.29, 1.82) is 0 Å². The monoisotopic (exact) mass is 395 g/mol. The normalized spacial score (nSPS) is 17.8. The third kappa shape index (κ3) is 4.14. The topological polar surface area (TPSA) is 88.6 Å². The second kappa shape index (κ2) is 7.61. The number of anilines is 1. The van der Waals surface area contributed by atoms with E-state index in [1.807, 2.05) is 0 Å². The summed E-state index contributed by atoms with van der Waals surface area (Å²) in [5.74, 6) is 0.278. The highest BCUT2D eigenvalue weighted by Crippen LogP contribution is 2.28. The molecule has 0 bridgehead atoms. The number of rotatable bonds is 5. The number of halogens is 1. The number of ether oxygens (including phenoxy) is 1. The molecule has 138 valence electrons. The van der Waals surface area contributed by atoms with Gasteiger partial charge in [-0.2, -0.15) is 4.31 Å². The van der Waals surface area contributed by atoms with Gasteiger partial charge in [0.15, 0.2) is 0 Å². The standard InChI is InChI=1S/C17H18ClN3O4S/c1-12(22)20-13-2-4-15(5-3-13)26(23,24)21-9-7-14(11-21)25-17-6-8-19-10-16(17)18/h2-6,8,10,14H,7,9,11H2,1H3,(H,20,22)/t14-/m1/s1. The first-order valence-electron chi connectivity index (χ1n) is 8.00. The smallest absolute Gasteiger partial charge is 0.243 e. The lowest BCUT2D eigenvalue weighted by Crippen LogP contribution is -2.31. The van der Waals surface area contributed by atoms with Crippen molar-refractivity contribution >= 4 is 33.2 Å². The molecule has 1 aromatic heterocycles. The molecule has 2 heterocycles. The van der Waals surface area contributed by atoms with Gasteiger partial charge in [0.2, 0.25) is 15.9 Å². The zero-order valence-corrected chi connectivity index (χ0v) is 15.6. The summed E-state index contributed by atoms with van der Waals surface area (Å²) in [4.78, 5) is 15.1. The number of carbonyl (C=O) groups excluding carboxylic acids is 1. The van der Waals surface area contributed by atoms with Crippen LogP contribution in [-0.4, -0.2) is 42.8 Å². The van der Waals surface area contributed by atoms with Crippen molar-refractivity contribution in [2.45, 2.75) is 24.3 Å². The lowest BCUT2D eigenvalue weighted by Gasteiger charge is -2.18. The van der Waals surface area contributed by atoms with E-state index in [0.29, 0.717) is 29.4 Å². The van der Waals surface area contributed by atoms with Gasteiger partial charge < -0.3 is 10.1 Å². The predicted octanol–water partition coefficient (Wildman–Crippen LogP) is 2.54. The van der Waals surface area contributed by atoms with Gasteiger partial charge in [-0.25, -0.2) is 8.42 Å². The van der Waals surface area contributed by atoms with Gasteiger partial charge in [0.25, 0.3) is 0 Å². The lowest BCUT2D eigenvalue weighted by atomic mass is 10.3. The van der Waals surface area contributed by atoms with Gasteiger partial charge in [-0.1, -0.05) is 11.6 Å². The Morgan fingerprint density at radius 2 is 2.04 bits per heavy atom. The molecule has 0 radical (unpaired) electrons. The van der Waals surface area contributed by atoms with Crippen molar-refractivity contribution in [2.24, 2.45) is 0 Å². The van der Waals surface area contributed by atoms with Gasteiger partial charge in [0.05, 0.1) is 11.4 Å². The number of carbonyl (C=O) groups is 1. The van der Waals surface area contributed by atoms with E-state index >= 15 is 0 Å². The zero-order chi connectivity index (χ0) is 18.7. The second-order valence-electron chi connectivity index (χ2n) is 5.90. The van der Waals surface area contributed by atoms with Crippen LogP contribution in [-0.2, 0) is 14.8 Å². The van der Waals surface area contributed by atoms with E-state index in [9.17, 15) is 13.2 Å². The predicted molar refractivity (Wildman–Crippen MR) is 97.8 cm³/mol. The maximum absolute atomic E-state index is 12.8. The Balaban J connectivity index is 1.69. The van der Waals surface area contributed by atoms with E-state index in [4.69, 9.17) is 16.3 Å². The van der Waals surface area contributed by atoms with Crippen LogP contribution in [0.2, 0.25) is 5.02 Å². The van der Waals surface area contributed by atoms with Crippen LogP contribution in [0, 0.1) is 0 Å². The Bertz CT molecular complexity index is 902. The highest BCUT2D eigenvalue weighted by atomic mass is 35.5. The number of hydrogen-bond donors (Lipinski definition) is 1. The molecule has 0 unspecified atom stereocenters. The van der Waals surface area contributed by atoms with Gasteiger partial charge in [-0.3, -0.25) is 9.78 Å². The maximum Gasteiger partial charge on any atom is 0.243 e. The van der Waals surface area contributed by atoms with Gasteiger partial charge in [-0.15, -0.1) is 0 Å². The number of pyridine rings is 1. The number of nitrogens with zero attached hydrogens (tertiary/aromatic N) is 2. The van der Waals surface area contributed by atoms with Crippen molar-refractivity contribution in [2.75, 3.05) is 18.4 Å². The van der Waals surface area contributed by atoms with Crippen LogP contribution < -0.4 is 10.1 Å². The zero-order valence-electron chi connectivity index (χ0n) is 14.1. The summed E-state index contributed by atoms with van der Waals surface area (Å²) in [5, 5.41) is 3.00. The van der Waals surface area contributed by atoms with E-state index in [1.165, 1.54) is 29.6 Å². The Morgan fingerprint density at radius 3 is 2.69 bits per heavy atom. The Morgan fingerprint density at radius 1 is 1.31 bits per heavy atom. The Labute approximate surface area is 157 Å². The van der Waals surface area contributed by atoms with Gasteiger partial charge in [0.1, 0.15) is 16.9 Å². The molecule has 0 saturated carbocycles. The fourth-order valence-electron chi connectivity index (χ4n) is 2.71. The van der Waals surface area contributed by atoms with E-state index in [-0.39, 0.29) is 23.5 Å². The summed E-state index contributed by atoms with van der Waals surface area (Å²) in [6.45, 7) is 2.00. The molecule has 26 heavy (non-hydrogen) atoms. The molecule has 1 aliphatic heterocycles. The molecule has 9 heteroatoms. The number of nitrogens with one attached hydrogen (secondary N) is 1. The minimum Gasteiger partial charge on any atom is -0.487 e. The minimum atomic E-state index is -3.62. The molecule has 7 nitrogen and oxygen atoms in total. The molecule has 1 aliphatic rings. The first-order valence-corrected chi connectivity index (χ1v) is 9.82. The Hall–Kier alpha value is -2.16. The summed E-state index contributed by atoms with van der Waals surface area (Å²) in [6.07, 6.45) is 3.35. The number of benzene rings is 1. The SMILES string of the molecule is CC(=O)Nc1ccc(S(=O)(=O)N2CC[C@@H](Oc3ccncc3Cl)C2)cc1. The summed E-state index contributed by atoms with van der Waals surface area (Å²) in [7, 11) is -3.62. The van der Waals surface area contributed by atoms with Crippen molar-refractivity contribution in [3.63, 3.8) is 0 Å². The summed E-state index contributed by atoms with van der Waals surface area (Å²) in [6, 6.07) is 7.74. The molecule has 1 saturated heterocycles. The number of hydrogen-bond acceptors (Lipinski definition) is 5. The number of amides is 1. The fourth-order valence-corrected chi connectivity index (χ4v) is 4.36. The second-order valence-corrected chi connectivity index (χ2v) is 8.25. The number of sulfonamides is 1. The third-order valence-electron chi connectivity index (χ3n) is 3.95. The molecule has 1 N–H and O–H groups in total. The highest BCUT2D eigenvalue weighted by molar-refractivity contribution is 7.89. The summed E-state index contributed by atoms with van der Waals surface area (Å²) in [5.41, 5.74) is 0.548. The van der Waals surface area contributed by atoms with Crippen LogP contribution in [0.1, 0.15) is 13.3 Å². The first kappa shape index (κ1) is 18.6. The molecule has 3 rings (SSSR count). The molecule has 1 aromatic carbocycles. The van der Waals surface area contributed by atoms with E-state index in [2.05, 4.69) is 10.3 Å². The van der Waals surface area contributed by atoms with Gasteiger partial charge >= 0.3 is 0 Å². The van der Waals surface area contributed by atoms with Gasteiger partial charge in [0, 0.05) is 37.6 Å². The summed E-state index contributed by atoms with van der Waals surface area (Å²) >= 11 is 6.03. The van der Waals surface area contributed by atoms with E-state index in [1.54, 1.807) is 24.4 Å². The molecule has 0 spiro atoms. The van der Waals surface area contributed by atoms with Crippen LogP contribution in [0.3, 0.4) is 0 Å². The van der Waals surface area contributed by atoms with Crippen LogP contribution >= 0.6 is 11.6 Å². The molecule has 0 aliphatic carbocycles. The highest BCUT2D eigenvalue weighted by Gasteiger charge is 2.33. The van der Waals surface area contributed by atoms with Gasteiger partial charge in [-0.05, 0) is 30.7 Å². The molecule has 1 atom stereocenters. The summed E-state index contributed by atoms with van der Waals surface area (Å²) < 4.78 is 32.8. The van der Waals surface area contributed by atoms with Crippen molar-refractivity contribution in [3.05, 3.63) is 47.7 Å². The van der Waals surface area contributed by atoms with Crippen molar-refractivity contribution < 1.29 is 17.9 Å². The van der Waals surface area contributed by atoms with E-state index in [0.717, 1.165) is 0 Å². The molecule has 2 aromatic rings. The van der Waals surface area contributed by atoms with Crippen LogP contribution in [0.15, 0.2) is 47.6 Å². The minimum absolute atomic E-state index is 0.175. The average Bonchev–Trinajstić information content (AvgIpc) is 3.06. The average molecular weight is 396 g/mol. The number of aromatic nitrogens is 1. The Kier molecular flexibility index (Phi) is 5.45. The quantitative estimate of drug-likeness (QED) is 0.840. The van der Waals surface area contributed by atoms with Crippen LogP contribution in [0.4, 0.5) is 5.69 Å². The molecular formula is C17H18ClN3O4S. The van der Waals surface area contributed by atoms with Crippen molar-refractivity contribution in [1.82, 2.24) is 9.29 Å². The van der Waals surface area contributed by atoms with Crippen molar-refractivity contribution in [3.8, 4) is 5.75 Å². The lowest BCUT2D eigenvalue weighted by molar-refractivity contribution is -0.114. The van der Waals surface area contributed by atoms with E-state index < -0.39 is 10.0 Å². The molecule has 1 amide bonds. The third-order valence-corrected chi connectivity index (χ3v) is 6.11. The molecule has 1 fully saturated rings. The first-order chi connectivity index (χ1) is 12.4.